The third-order valence-electron chi connectivity index (χ3n) is 6.12. The van der Waals surface area contributed by atoms with Crippen LogP contribution in [0.2, 0.25) is 0 Å². The molecule has 31 heavy (non-hydrogen) atoms. The van der Waals surface area contributed by atoms with Gasteiger partial charge in [-0.1, -0.05) is 74.3 Å². The van der Waals surface area contributed by atoms with Crippen molar-refractivity contribution in [2.45, 2.75) is 18.3 Å². The molecule has 1 aliphatic rings. The normalized spacial score (nSPS) is 20.3. The number of aromatic nitrogens is 1. The van der Waals surface area contributed by atoms with Gasteiger partial charge in [-0.25, -0.2) is 0 Å². The van der Waals surface area contributed by atoms with E-state index in [2.05, 4.69) is 66.4 Å². The Morgan fingerprint density at radius 3 is 2.10 bits per heavy atom. The summed E-state index contributed by atoms with van der Waals surface area (Å²) in [4.78, 5) is 18.1. The largest absolute Gasteiger partial charge is 0.324 e. The Bertz CT molecular complexity index is 1220. The molecule has 0 radical (unpaired) electrons. The van der Waals surface area contributed by atoms with Crippen LogP contribution in [0.15, 0.2) is 94.0 Å². The molecule has 0 spiro atoms. The molecule has 1 aromatic heterocycles. The number of hydrogen-bond donors (Lipinski definition) is 1. The lowest BCUT2D eigenvalue weighted by Gasteiger charge is -2.44. The number of rotatable bonds is 4. The number of anilines is 1. The second kappa shape index (κ2) is 8.56. The van der Waals surface area contributed by atoms with Crippen molar-refractivity contribution in [3.63, 3.8) is 0 Å². The Labute approximate surface area is 198 Å². The van der Waals surface area contributed by atoms with Crippen LogP contribution in [-0.4, -0.2) is 10.9 Å². The number of fused-ring (bicyclic) bond motifs is 1. The summed E-state index contributed by atoms with van der Waals surface area (Å²) in [5, 5.41) is 4.21. The van der Waals surface area contributed by atoms with Gasteiger partial charge in [-0.2, -0.15) is 0 Å². The zero-order valence-corrected chi connectivity index (χ0v) is 19.8. The molecular formula is C26H20Br2N2O. The predicted octanol–water partition coefficient (Wildman–Crippen LogP) is 7.29. The fourth-order valence-electron chi connectivity index (χ4n) is 4.60. The van der Waals surface area contributed by atoms with Crippen molar-refractivity contribution in [1.29, 1.82) is 0 Å². The van der Waals surface area contributed by atoms with Crippen molar-refractivity contribution in [2.24, 2.45) is 5.92 Å². The Hall–Kier alpha value is -2.50. The summed E-state index contributed by atoms with van der Waals surface area (Å²) in [6.45, 7) is 0. The fourth-order valence-corrected chi connectivity index (χ4v) is 5.43. The Kier molecular flexibility index (Phi) is 5.63. The first-order valence-electron chi connectivity index (χ1n) is 10.3. The fraction of sp³-hybridized carbons (Fsp3) is 0.154. The summed E-state index contributed by atoms with van der Waals surface area (Å²) in [7, 11) is 0. The maximum Gasteiger partial charge on any atom is 0.228 e. The van der Waals surface area contributed by atoms with E-state index in [9.17, 15) is 4.79 Å². The van der Waals surface area contributed by atoms with Gasteiger partial charge in [-0.3, -0.25) is 9.78 Å². The number of nitrogens with one attached hydrogen (secondary N) is 1. The van der Waals surface area contributed by atoms with Gasteiger partial charge >= 0.3 is 0 Å². The molecule has 0 aliphatic heterocycles. The van der Waals surface area contributed by atoms with E-state index < -0.39 is 0 Å². The average Bonchev–Trinajstić information content (AvgIpc) is 2.73. The Morgan fingerprint density at radius 1 is 0.839 bits per heavy atom. The highest BCUT2D eigenvalue weighted by Gasteiger charge is 2.47. The van der Waals surface area contributed by atoms with E-state index in [0.29, 0.717) is 0 Å². The van der Waals surface area contributed by atoms with Gasteiger partial charge in [0.15, 0.2) is 0 Å². The topological polar surface area (TPSA) is 42.0 Å². The number of nitrogens with zero attached hydrogens (tertiary/aromatic N) is 1. The summed E-state index contributed by atoms with van der Waals surface area (Å²) in [5.74, 6) is 0.232. The third kappa shape index (κ3) is 4.04. The van der Waals surface area contributed by atoms with Crippen molar-refractivity contribution < 1.29 is 4.79 Å². The molecule has 1 amide bonds. The molecule has 1 aliphatic carbocycles. The highest BCUT2D eigenvalue weighted by Crippen LogP contribution is 2.53. The van der Waals surface area contributed by atoms with Crippen LogP contribution in [0.3, 0.4) is 0 Å². The molecule has 1 heterocycles. The highest BCUT2D eigenvalue weighted by atomic mass is 79.9. The van der Waals surface area contributed by atoms with Crippen LogP contribution < -0.4 is 5.32 Å². The maximum absolute atomic E-state index is 13.6. The van der Waals surface area contributed by atoms with Crippen LogP contribution in [0.4, 0.5) is 5.69 Å². The first-order valence-corrected chi connectivity index (χ1v) is 11.8. The first-order chi connectivity index (χ1) is 15.1. The zero-order valence-electron chi connectivity index (χ0n) is 16.6. The van der Waals surface area contributed by atoms with E-state index in [4.69, 9.17) is 0 Å². The molecule has 1 unspecified atom stereocenters. The lowest BCUT2D eigenvalue weighted by Crippen LogP contribution is -2.42. The molecular weight excluding hydrogens is 516 g/mol. The molecule has 3 atom stereocenters. The van der Waals surface area contributed by atoms with Crippen LogP contribution in [0.5, 0.6) is 0 Å². The summed E-state index contributed by atoms with van der Waals surface area (Å²) >= 11 is 7.15. The quantitative estimate of drug-likeness (QED) is 0.298. The van der Waals surface area contributed by atoms with Gasteiger partial charge in [0.25, 0.3) is 0 Å². The molecule has 5 rings (SSSR count). The number of amides is 1. The van der Waals surface area contributed by atoms with E-state index in [1.165, 1.54) is 11.1 Å². The lowest BCUT2D eigenvalue weighted by atomic mass is 9.59. The van der Waals surface area contributed by atoms with Crippen molar-refractivity contribution in [2.75, 3.05) is 5.32 Å². The van der Waals surface area contributed by atoms with Gasteiger partial charge < -0.3 is 5.32 Å². The van der Waals surface area contributed by atoms with E-state index in [-0.39, 0.29) is 23.7 Å². The number of para-hydroxylation sites is 1. The van der Waals surface area contributed by atoms with Gasteiger partial charge in [0, 0.05) is 20.5 Å². The van der Waals surface area contributed by atoms with Crippen LogP contribution in [0, 0.1) is 5.92 Å². The highest BCUT2D eigenvalue weighted by molar-refractivity contribution is 9.10. The van der Waals surface area contributed by atoms with Crippen LogP contribution in [-0.2, 0) is 4.79 Å². The van der Waals surface area contributed by atoms with Crippen molar-refractivity contribution in [1.82, 2.24) is 4.98 Å². The number of halogens is 2. The number of hydrogen-bond acceptors (Lipinski definition) is 2. The van der Waals surface area contributed by atoms with Gasteiger partial charge in [0.1, 0.15) is 0 Å². The monoisotopic (exact) mass is 534 g/mol. The molecule has 1 saturated carbocycles. The number of pyridine rings is 1. The minimum atomic E-state index is -0.150. The summed E-state index contributed by atoms with van der Waals surface area (Å²) in [5.41, 5.74) is 3.96. The van der Waals surface area contributed by atoms with E-state index in [1.54, 1.807) is 6.20 Å². The first kappa shape index (κ1) is 20.4. The van der Waals surface area contributed by atoms with Crippen LogP contribution in [0.25, 0.3) is 10.9 Å². The molecule has 0 bridgehead atoms. The zero-order chi connectivity index (χ0) is 21.4. The van der Waals surface area contributed by atoms with E-state index in [1.807, 2.05) is 54.6 Å². The smallest absolute Gasteiger partial charge is 0.228 e. The Balaban J connectivity index is 1.49. The molecule has 154 valence electrons. The molecule has 5 heteroatoms. The lowest BCUT2D eigenvalue weighted by molar-refractivity contribution is -0.124. The van der Waals surface area contributed by atoms with Crippen molar-refractivity contribution in [3.8, 4) is 0 Å². The maximum atomic E-state index is 13.6. The summed E-state index contributed by atoms with van der Waals surface area (Å²) < 4.78 is 2.07. The number of carbonyl (C=O) groups is 1. The van der Waals surface area contributed by atoms with Gasteiger partial charge in [-0.15, -0.1) is 0 Å². The average molecular weight is 536 g/mol. The standard InChI is InChI=1S/C26H20Br2N2O/c27-19-9-1-6-17(13-19)21-15-22(18-7-2-10-20(28)14-18)24(21)26(31)30-23-11-3-5-16-8-4-12-29-25(16)23/h1-14,21-22,24H,15H2,(H,30,31)/t21-,22+,24?. The number of carbonyl (C=O) groups excluding carboxylic acids is 1. The molecule has 3 aromatic carbocycles. The SMILES string of the molecule is O=C(Nc1cccc2cccnc12)C1[C@@H](c2cccc(Br)c2)C[C@H]1c1cccc(Br)c1. The molecule has 1 fully saturated rings. The minimum absolute atomic E-state index is 0.0411. The van der Waals surface area contributed by atoms with Gasteiger partial charge in [-0.05, 0) is 65.8 Å². The molecule has 1 N–H and O–H groups in total. The number of benzene rings is 3. The van der Waals surface area contributed by atoms with E-state index >= 15 is 0 Å². The van der Waals surface area contributed by atoms with Crippen molar-refractivity contribution in [3.05, 3.63) is 105 Å². The molecule has 4 aromatic rings. The molecule has 3 nitrogen and oxygen atoms in total. The molecule has 0 saturated heterocycles. The van der Waals surface area contributed by atoms with Crippen LogP contribution >= 0.6 is 31.9 Å². The van der Waals surface area contributed by atoms with Crippen molar-refractivity contribution >= 4 is 54.4 Å². The van der Waals surface area contributed by atoms with Gasteiger partial charge in [0.2, 0.25) is 5.91 Å². The summed E-state index contributed by atoms with van der Waals surface area (Å²) in [6.07, 6.45) is 2.70. The second-order valence-electron chi connectivity index (χ2n) is 7.95. The van der Waals surface area contributed by atoms with Gasteiger partial charge in [0.05, 0.1) is 17.1 Å². The minimum Gasteiger partial charge on any atom is -0.324 e. The predicted molar refractivity (Wildman–Crippen MR) is 132 cm³/mol. The van der Waals surface area contributed by atoms with Crippen LogP contribution in [0.1, 0.15) is 29.4 Å². The second-order valence-corrected chi connectivity index (χ2v) is 9.79. The van der Waals surface area contributed by atoms with E-state index in [0.717, 1.165) is 32.0 Å². The Morgan fingerprint density at radius 2 is 1.45 bits per heavy atom. The summed E-state index contributed by atoms with van der Waals surface area (Å²) in [6, 6.07) is 26.4. The third-order valence-corrected chi connectivity index (χ3v) is 7.11.